The Kier molecular flexibility index (Phi) is 3.59. The van der Waals surface area contributed by atoms with E-state index >= 15 is 0 Å². The van der Waals surface area contributed by atoms with E-state index in [0.717, 1.165) is 12.8 Å². The Labute approximate surface area is 114 Å². The molecule has 2 atom stereocenters. The Bertz CT molecular complexity index is 482. The number of rotatable bonds is 3. The molecule has 106 valence electrons. The molecule has 0 aromatic heterocycles. The topological polar surface area (TPSA) is 64.7 Å². The van der Waals surface area contributed by atoms with Gasteiger partial charge in [-0.2, -0.15) is 0 Å². The Morgan fingerprint density at radius 1 is 1.26 bits per heavy atom. The van der Waals surface area contributed by atoms with Gasteiger partial charge in [0.2, 0.25) is 0 Å². The van der Waals surface area contributed by atoms with Crippen molar-refractivity contribution in [2.24, 2.45) is 11.7 Å². The average Bonchev–Trinajstić information content (AvgIpc) is 3.08. The summed E-state index contributed by atoms with van der Waals surface area (Å²) in [4.78, 5) is 0. The lowest BCUT2D eigenvalue weighted by molar-refractivity contribution is -0.286. The highest BCUT2D eigenvalue weighted by Crippen LogP contribution is 2.43. The van der Waals surface area contributed by atoms with Crippen LogP contribution in [0, 0.1) is 5.92 Å². The van der Waals surface area contributed by atoms with Crippen LogP contribution in [0.4, 0.5) is 8.78 Å². The fourth-order valence-corrected chi connectivity index (χ4v) is 2.10. The number of hydrogen-bond acceptors (Lipinski definition) is 4. The summed E-state index contributed by atoms with van der Waals surface area (Å²) in [5, 5.41) is 9.92. The smallest absolute Gasteiger partial charge is 0.395 e. The summed E-state index contributed by atoms with van der Waals surface area (Å²) in [5.74, 6) is 0.152. The number of aliphatic hydroxyl groups excluding tert-OH is 1. The van der Waals surface area contributed by atoms with E-state index in [-0.39, 0.29) is 29.8 Å². The number of ether oxygens (including phenoxy) is 2. The van der Waals surface area contributed by atoms with E-state index in [9.17, 15) is 13.9 Å². The number of hydrogen-bond donors (Lipinski definition) is 2. The zero-order valence-electron chi connectivity index (χ0n) is 9.88. The first kappa shape index (κ1) is 14.3. The fraction of sp³-hybridized carbons (Fsp3) is 0.500. The van der Waals surface area contributed by atoms with Crippen molar-refractivity contribution in [3.05, 3.63) is 23.8 Å². The van der Waals surface area contributed by atoms with Crippen molar-refractivity contribution in [2.75, 3.05) is 0 Å². The van der Waals surface area contributed by atoms with Gasteiger partial charge in [-0.1, -0.05) is 6.07 Å². The van der Waals surface area contributed by atoms with E-state index in [1.807, 2.05) is 0 Å². The average molecular weight is 294 g/mol. The molecule has 0 radical (unpaired) electrons. The van der Waals surface area contributed by atoms with Crippen molar-refractivity contribution >= 4 is 12.4 Å². The van der Waals surface area contributed by atoms with Crippen LogP contribution in [0.5, 0.6) is 11.5 Å². The van der Waals surface area contributed by atoms with Crippen LogP contribution in [0.1, 0.15) is 24.4 Å². The highest BCUT2D eigenvalue weighted by atomic mass is 35.5. The number of halogens is 3. The lowest BCUT2D eigenvalue weighted by Gasteiger charge is -2.18. The monoisotopic (exact) mass is 293 g/mol. The minimum absolute atomic E-state index is 0. The molecule has 1 aromatic carbocycles. The van der Waals surface area contributed by atoms with Crippen LogP contribution >= 0.6 is 12.4 Å². The molecule has 1 saturated carbocycles. The van der Waals surface area contributed by atoms with Crippen LogP contribution in [-0.2, 0) is 0 Å². The third-order valence-electron chi connectivity index (χ3n) is 3.28. The molecule has 1 aromatic rings. The molecule has 0 bridgehead atoms. The molecule has 1 fully saturated rings. The van der Waals surface area contributed by atoms with Gasteiger partial charge in [-0.25, -0.2) is 0 Å². The molecule has 0 amide bonds. The second-order valence-electron chi connectivity index (χ2n) is 4.73. The molecule has 7 heteroatoms. The lowest BCUT2D eigenvalue weighted by Crippen LogP contribution is -2.27. The van der Waals surface area contributed by atoms with Crippen molar-refractivity contribution in [3.8, 4) is 11.5 Å². The molecule has 1 aliphatic heterocycles. The molecule has 0 saturated heterocycles. The van der Waals surface area contributed by atoms with E-state index in [4.69, 9.17) is 5.73 Å². The summed E-state index contributed by atoms with van der Waals surface area (Å²) in [7, 11) is 0. The van der Waals surface area contributed by atoms with Gasteiger partial charge >= 0.3 is 6.29 Å². The Morgan fingerprint density at radius 2 is 1.89 bits per heavy atom. The largest absolute Gasteiger partial charge is 0.586 e. The minimum atomic E-state index is -3.62. The van der Waals surface area contributed by atoms with Crippen LogP contribution in [0.25, 0.3) is 0 Å². The quantitative estimate of drug-likeness (QED) is 0.897. The van der Waals surface area contributed by atoms with E-state index in [1.165, 1.54) is 12.1 Å². The van der Waals surface area contributed by atoms with Crippen molar-refractivity contribution < 1.29 is 23.4 Å². The molecule has 19 heavy (non-hydrogen) atoms. The van der Waals surface area contributed by atoms with Crippen LogP contribution in [0.2, 0.25) is 0 Å². The van der Waals surface area contributed by atoms with Gasteiger partial charge in [0.15, 0.2) is 11.5 Å². The second kappa shape index (κ2) is 4.77. The lowest BCUT2D eigenvalue weighted by atomic mass is 9.99. The van der Waals surface area contributed by atoms with Gasteiger partial charge in [-0.3, -0.25) is 0 Å². The van der Waals surface area contributed by atoms with Crippen molar-refractivity contribution in [1.29, 1.82) is 0 Å². The zero-order chi connectivity index (χ0) is 12.9. The molecular weight excluding hydrogens is 280 g/mol. The third-order valence-corrected chi connectivity index (χ3v) is 3.28. The predicted molar refractivity (Wildman–Crippen MR) is 65.6 cm³/mol. The summed E-state index contributed by atoms with van der Waals surface area (Å²) in [5.41, 5.74) is 6.47. The first-order chi connectivity index (χ1) is 8.46. The minimum Gasteiger partial charge on any atom is -0.395 e. The number of aliphatic hydroxyl groups is 1. The van der Waals surface area contributed by atoms with Gasteiger partial charge in [0.05, 0.1) is 12.1 Å². The van der Waals surface area contributed by atoms with Crippen LogP contribution in [0.3, 0.4) is 0 Å². The predicted octanol–water partition coefficient (Wildman–Crippen LogP) is 2.20. The molecule has 2 aliphatic rings. The standard InChI is InChI=1S/C12H13F2NO3.ClH/c13-12(14)17-8-4-3-7(5-9(8)18-12)10(15)11(16)6-1-2-6;/h3-6,10-11,16H,1-2,15H2;1H/t10-,11+;/m1./s1. The Hall–Kier alpha value is -1.11. The molecule has 3 rings (SSSR count). The summed E-state index contributed by atoms with van der Waals surface area (Å²) in [6, 6.07) is 3.75. The van der Waals surface area contributed by atoms with E-state index in [0.29, 0.717) is 5.56 Å². The second-order valence-corrected chi connectivity index (χ2v) is 4.73. The molecule has 1 aliphatic carbocycles. The summed E-state index contributed by atoms with van der Waals surface area (Å²) in [6.45, 7) is 0. The summed E-state index contributed by atoms with van der Waals surface area (Å²) < 4.78 is 34.3. The Morgan fingerprint density at radius 3 is 2.53 bits per heavy atom. The van der Waals surface area contributed by atoms with Gasteiger partial charge in [0, 0.05) is 0 Å². The number of nitrogens with two attached hydrogens (primary N) is 1. The molecule has 0 spiro atoms. The third kappa shape index (κ3) is 2.75. The Balaban J connectivity index is 0.00000133. The first-order valence-electron chi connectivity index (χ1n) is 5.80. The highest BCUT2D eigenvalue weighted by Gasteiger charge is 2.44. The maximum Gasteiger partial charge on any atom is 0.586 e. The summed E-state index contributed by atoms with van der Waals surface area (Å²) >= 11 is 0. The molecule has 0 unspecified atom stereocenters. The number of fused-ring (bicyclic) bond motifs is 1. The molecular formula is C12H14ClF2NO3. The zero-order valence-corrected chi connectivity index (χ0v) is 10.7. The van der Waals surface area contributed by atoms with Crippen molar-refractivity contribution in [3.63, 3.8) is 0 Å². The van der Waals surface area contributed by atoms with Gasteiger partial charge < -0.3 is 20.3 Å². The SMILES string of the molecule is Cl.N[C@H](c1ccc2c(c1)OC(F)(F)O2)[C@@H](O)C1CC1. The fourth-order valence-electron chi connectivity index (χ4n) is 2.10. The number of benzene rings is 1. The van der Waals surface area contributed by atoms with Gasteiger partial charge in [0.1, 0.15) is 0 Å². The van der Waals surface area contributed by atoms with Crippen molar-refractivity contribution in [1.82, 2.24) is 0 Å². The molecule has 3 N–H and O–H groups in total. The van der Waals surface area contributed by atoms with Crippen molar-refractivity contribution in [2.45, 2.75) is 31.3 Å². The van der Waals surface area contributed by atoms with Crippen LogP contribution in [-0.4, -0.2) is 17.5 Å². The normalized spacial score (nSPS) is 22.5. The highest BCUT2D eigenvalue weighted by molar-refractivity contribution is 5.85. The van der Waals surface area contributed by atoms with Gasteiger partial charge in [-0.05, 0) is 36.5 Å². The number of alkyl halides is 2. The summed E-state index contributed by atoms with van der Waals surface area (Å²) in [6.07, 6.45) is -2.36. The molecule has 4 nitrogen and oxygen atoms in total. The van der Waals surface area contributed by atoms with Gasteiger partial charge in [-0.15, -0.1) is 21.2 Å². The maximum absolute atomic E-state index is 12.8. The van der Waals surface area contributed by atoms with E-state index < -0.39 is 18.4 Å². The van der Waals surface area contributed by atoms with Crippen LogP contribution in [0.15, 0.2) is 18.2 Å². The van der Waals surface area contributed by atoms with Crippen LogP contribution < -0.4 is 15.2 Å². The van der Waals surface area contributed by atoms with Gasteiger partial charge in [0.25, 0.3) is 0 Å². The first-order valence-corrected chi connectivity index (χ1v) is 5.80. The molecule has 1 heterocycles. The van der Waals surface area contributed by atoms with E-state index in [1.54, 1.807) is 6.07 Å². The van der Waals surface area contributed by atoms with E-state index in [2.05, 4.69) is 9.47 Å². The maximum atomic E-state index is 12.8.